The summed E-state index contributed by atoms with van der Waals surface area (Å²) < 4.78 is 0. The van der Waals surface area contributed by atoms with Crippen LogP contribution in [0.5, 0.6) is 0 Å². The Morgan fingerprint density at radius 2 is 2.13 bits per heavy atom. The number of nitrogens with zero attached hydrogens (tertiary/aromatic N) is 2. The summed E-state index contributed by atoms with van der Waals surface area (Å²) in [5, 5.41) is 3.25. The van der Waals surface area contributed by atoms with E-state index in [-0.39, 0.29) is 6.03 Å². The molecule has 1 fully saturated rings. The molecule has 1 atom stereocenters. The molecule has 1 heterocycles. The SMILES string of the molecule is CCN(CC)C(=O)N1CCC[C@@H](NC)C1. The Balaban J connectivity index is 2.51. The predicted molar refractivity (Wildman–Crippen MR) is 62.0 cm³/mol. The number of nitrogens with one attached hydrogen (secondary N) is 1. The number of rotatable bonds is 3. The highest BCUT2D eigenvalue weighted by atomic mass is 16.2. The minimum atomic E-state index is 0.194. The molecule has 1 aliphatic rings. The highest BCUT2D eigenvalue weighted by Gasteiger charge is 2.24. The van der Waals surface area contributed by atoms with Crippen LogP contribution in [0.25, 0.3) is 0 Å². The van der Waals surface area contributed by atoms with E-state index in [1.54, 1.807) is 0 Å². The second-order valence-corrected chi connectivity index (χ2v) is 4.03. The molecule has 88 valence electrons. The molecule has 1 N–H and O–H groups in total. The van der Waals surface area contributed by atoms with Gasteiger partial charge in [0, 0.05) is 32.2 Å². The molecule has 0 aromatic heterocycles. The van der Waals surface area contributed by atoms with Crippen molar-refractivity contribution < 1.29 is 4.79 Å². The summed E-state index contributed by atoms with van der Waals surface area (Å²) in [6.45, 7) is 7.42. The Morgan fingerprint density at radius 1 is 1.47 bits per heavy atom. The van der Waals surface area contributed by atoms with Crippen molar-refractivity contribution in [3.05, 3.63) is 0 Å². The minimum absolute atomic E-state index is 0.194. The summed E-state index contributed by atoms with van der Waals surface area (Å²) in [6, 6.07) is 0.665. The van der Waals surface area contributed by atoms with Crippen LogP contribution in [0.4, 0.5) is 4.79 Å². The maximum Gasteiger partial charge on any atom is 0.320 e. The molecular weight excluding hydrogens is 190 g/mol. The molecule has 0 aliphatic carbocycles. The Labute approximate surface area is 92.6 Å². The number of likely N-dealkylation sites (tertiary alicyclic amines) is 1. The van der Waals surface area contributed by atoms with Crippen LogP contribution < -0.4 is 5.32 Å². The van der Waals surface area contributed by atoms with Crippen LogP contribution in [0.3, 0.4) is 0 Å². The van der Waals surface area contributed by atoms with Crippen LogP contribution in [0.2, 0.25) is 0 Å². The second-order valence-electron chi connectivity index (χ2n) is 4.03. The zero-order valence-corrected chi connectivity index (χ0v) is 10.1. The molecule has 2 amide bonds. The summed E-state index contributed by atoms with van der Waals surface area (Å²) in [4.78, 5) is 15.9. The monoisotopic (exact) mass is 213 g/mol. The molecule has 0 radical (unpaired) electrons. The fourth-order valence-corrected chi connectivity index (χ4v) is 2.08. The normalized spacial score (nSPS) is 21.5. The average molecular weight is 213 g/mol. The van der Waals surface area contributed by atoms with E-state index < -0.39 is 0 Å². The Kier molecular flexibility index (Phi) is 4.88. The molecule has 0 bridgehead atoms. The standard InChI is InChI=1S/C11H23N3O/c1-4-13(5-2)11(15)14-8-6-7-10(9-14)12-3/h10,12H,4-9H2,1-3H3/t10-/m1/s1. The number of carbonyl (C=O) groups is 1. The maximum atomic E-state index is 12.0. The molecule has 0 saturated carbocycles. The molecule has 4 nitrogen and oxygen atoms in total. The Hall–Kier alpha value is -0.770. The number of carbonyl (C=O) groups excluding carboxylic acids is 1. The first-order valence-electron chi connectivity index (χ1n) is 5.94. The molecule has 4 heteroatoms. The minimum Gasteiger partial charge on any atom is -0.325 e. The lowest BCUT2D eigenvalue weighted by Gasteiger charge is -2.35. The fraction of sp³-hybridized carbons (Fsp3) is 0.909. The first-order valence-corrected chi connectivity index (χ1v) is 5.94. The molecule has 1 rings (SSSR count). The summed E-state index contributed by atoms with van der Waals surface area (Å²) in [5.74, 6) is 0. The van der Waals surface area contributed by atoms with Gasteiger partial charge in [-0.1, -0.05) is 0 Å². The first kappa shape index (κ1) is 12.3. The number of hydrogen-bond acceptors (Lipinski definition) is 2. The van der Waals surface area contributed by atoms with Crippen LogP contribution in [0.15, 0.2) is 0 Å². The molecule has 15 heavy (non-hydrogen) atoms. The number of hydrogen-bond donors (Lipinski definition) is 1. The molecular formula is C11H23N3O. The van der Waals surface area contributed by atoms with Gasteiger partial charge in [0.15, 0.2) is 0 Å². The quantitative estimate of drug-likeness (QED) is 0.763. The summed E-state index contributed by atoms with van der Waals surface area (Å²) in [5.41, 5.74) is 0. The van der Waals surface area contributed by atoms with Crippen molar-refractivity contribution >= 4 is 6.03 Å². The summed E-state index contributed by atoms with van der Waals surface area (Å²) in [6.07, 6.45) is 2.29. The van der Waals surface area contributed by atoms with Crippen molar-refractivity contribution in [3.8, 4) is 0 Å². The van der Waals surface area contributed by atoms with Gasteiger partial charge < -0.3 is 15.1 Å². The molecule has 0 aromatic carbocycles. The number of piperidine rings is 1. The lowest BCUT2D eigenvalue weighted by molar-refractivity contribution is 0.139. The van der Waals surface area contributed by atoms with Gasteiger partial charge in [-0.15, -0.1) is 0 Å². The van der Waals surface area contributed by atoms with Gasteiger partial charge in [0.25, 0.3) is 0 Å². The third-order valence-electron chi connectivity index (χ3n) is 3.13. The topological polar surface area (TPSA) is 35.6 Å². The third kappa shape index (κ3) is 3.09. The van der Waals surface area contributed by atoms with Crippen LogP contribution >= 0.6 is 0 Å². The lowest BCUT2D eigenvalue weighted by atomic mass is 10.1. The molecule has 1 aliphatic heterocycles. The van der Waals surface area contributed by atoms with Gasteiger partial charge in [-0.25, -0.2) is 4.79 Å². The fourth-order valence-electron chi connectivity index (χ4n) is 2.08. The van der Waals surface area contributed by atoms with Gasteiger partial charge in [0.05, 0.1) is 0 Å². The largest absolute Gasteiger partial charge is 0.325 e. The van der Waals surface area contributed by atoms with E-state index in [0.29, 0.717) is 6.04 Å². The van der Waals surface area contributed by atoms with Gasteiger partial charge in [0.2, 0.25) is 0 Å². The van der Waals surface area contributed by atoms with Crippen LogP contribution in [0, 0.1) is 0 Å². The highest BCUT2D eigenvalue weighted by molar-refractivity contribution is 5.74. The second kappa shape index (κ2) is 5.95. The van der Waals surface area contributed by atoms with E-state index in [4.69, 9.17) is 0 Å². The van der Waals surface area contributed by atoms with Crippen molar-refractivity contribution in [3.63, 3.8) is 0 Å². The van der Waals surface area contributed by atoms with Crippen molar-refractivity contribution in [1.29, 1.82) is 0 Å². The van der Waals surface area contributed by atoms with Gasteiger partial charge >= 0.3 is 6.03 Å². The summed E-state index contributed by atoms with van der Waals surface area (Å²) in [7, 11) is 1.97. The van der Waals surface area contributed by atoms with E-state index in [9.17, 15) is 4.79 Å². The Morgan fingerprint density at radius 3 is 2.67 bits per heavy atom. The van der Waals surface area contributed by atoms with Crippen molar-refractivity contribution in [2.75, 3.05) is 33.2 Å². The van der Waals surface area contributed by atoms with E-state index >= 15 is 0 Å². The van der Waals surface area contributed by atoms with Gasteiger partial charge in [-0.3, -0.25) is 0 Å². The van der Waals surface area contributed by atoms with E-state index in [0.717, 1.165) is 32.6 Å². The van der Waals surface area contributed by atoms with Gasteiger partial charge in [-0.05, 0) is 33.7 Å². The van der Waals surface area contributed by atoms with E-state index in [1.807, 2.05) is 30.7 Å². The van der Waals surface area contributed by atoms with Crippen LogP contribution in [-0.2, 0) is 0 Å². The number of urea groups is 1. The molecule has 1 saturated heterocycles. The van der Waals surface area contributed by atoms with Crippen molar-refractivity contribution in [1.82, 2.24) is 15.1 Å². The highest BCUT2D eigenvalue weighted by Crippen LogP contribution is 2.11. The van der Waals surface area contributed by atoms with Crippen molar-refractivity contribution in [2.24, 2.45) is 0 Å². The zero-order valence-electron chi connectivity index (χ0n) is 10.1. The van der Waals surface area contributed by atoms with E-state index in [1.165, 1.54) is 6.42 Å². The smallest absolute Gasteiger partial charge is 0.320 e. The van der Waals surface area contributed by atoms with E-state index in [2.05, 4.69) is 5.32 Å². The first-order chi connectivity index (χ1) is 7.22. The van der Waals surface area contributed by atoms with Crippen LogP contribution in [-0.4, -0.2) is 55.1 Å². The number of likely N-dealkylation sites (N-methyl/N-ethyl adjacent to an activating group) is 1. The van der Waals surface area contributed by atoms with Gasteiger partial charge in [0.1, 0.15) is 0 Å². The van der Waals surface area contributed by atoms with Crippen LogP contribution in [0.1, 0.15) is 26.7 Å². The molecule has 0 unspecified atom stereocenters. The number of amides is 2. The van der Waals surface area contributed by atoms with Crippen molar-refractivity contribution in [2.45, 2.75) is 32.7 Å². The third-order valence-corrected chi connectivity index (χ3v) is 3.13. The average Bonchev–Trinajstić information content (AvgIpc) is 2.30. The maximum absolute atomic E-state index is 12.0. The molecule has 0 spiro atoms. The Bertz CT molecular complexity index is 204. The predicted octanol–water partition coefficient (Wildman–Crippen LogP) is 1.13. The molecule has 0 aromatic rings. The summed E-state index contributed by atoms with van der Waals surface area (Å²) >= 11 is 0. The zero-order chi connectivity index (χ0) is 11.3. The van der Waals surface area contributed by atoms with Gasteiger partial charge in [-0.2, -0.15) is 0 Å². The lowest BCUT2D eigenvalue weighted by Crippen LogP contribution is -2.51.